The molecule has 8 heteroatoms. The van der Waals surface area contributed by atoms with Gasteiger partial charge in [0.05, 0.1) is 24.2 Å². The van der Waals surface area contributed by atoms with Gasteiger partial charge in [0.1, 0.15) is 0 Å². The molecule has 1 unspecified atom stereocenters. The van der Waals surface area contributed by atoms with E-state index in [0.29, 0.717) is 31.9 Å². The molecule has 26 heavy (non-hydrogen) atoms. The first kappa shape index (κ1) is 18.5. The van der Waals surface area contributed by atoms with E-state index in [1.54, 1.807) is 24.5 Å². The van der Waals surface area contributed by atoms with Crippen molar-refractivity contribution in [3.8, 4) is 0 Å². The molecule has 2 aromatic rings. The monoisotopic (exact) mass is 375 g/mol. The smallest absolute Gasteiger partial charge is 0.251 e. The number of aromatic nitrogens is 1. The highest BCUT2D eigenvalue weighted by Gasteiger charge is 2.27. The van der Waals surface area contributed by atoms with Crippen LogP contribution in [0.5, 0.6) is 0 Å². The van der Waals surface area contributed by atoms with E-state index < -0.39 is 10.0 Å². The van der Waals surface area contributed by atoms with E-state index in [1.807, 2.05) is 19.1 Å². The summed E-state index contributed by atoms with van der Waals surface area (Å²) in [6, 6.07) is 9.54. The largest absolute Gasteiger partial charge is 0.379 e. The first-order chi connectivity index (χ1) is 12.5. The molecule has 1 fully saturated rings. The highest BCUT2D eigenvalue weighted by Crippen LogP contribution is 2.19. The lowest BCUT2D eigenvalue weighted by Gasteiger charge is -2.26. The molecule has 1 aromatic carbocycles. The van der Waals surface area contributed by atoms with Crippen molar-refractivity contribution < 1.29 is 17.9 Å². The van der Waals surface area contributed by atoms with Gasteiger partial charge >= 0.3 is 0 Å². The van der Waals surface area contributed by atoms with E-state index in [9.17, 15) is 13.2 Å². The van der Waals surface area contributed by atoms with Crippen molar-refractivity contribution in [1.82, 2.24) is 14.6 Å². The zero-order valence-corrected chi connectivity index (χ0v) is 15.3. The van der Waals surface area contributed by atoms with Crippen LogP contribution in [0.2, 0.25) is 0 Å². The summed E-state index contributed by atoms with van der Waals surface area (Å²) in [4.78, 5) is 16.6. The predicted octanol–water partition coefficient (Wildman–Crippen LogP) is 1.59. The molecule has 2 heterocycles. The fraction of sp³-hybridized carbons (Fsp3) is 0.333. The van der Waals surface area contributed by atoms with E-state index in [1.165, 1.54) is 16.4 Å². The summed E-state index contributed by atoms with van der Waals surface area (Å²) in [5, 5.41) is 2.88. The van der Waals surface area contributed by atoms with E-state index in [-0.39, 0.29) is 16.8 Å². The maximum Gasteiger partial charge on any atom is 0.251 e. The number of benzene rings is 1. The zero-order valence-electron chi connectivity index (χ0n) is 14.5. The number of rotatable bonds is 5. The summed E-state index contributed by atoms with van der Waals surface area (Å²) in [6.45, 7) is 3.25. The Kier molecular flexibility index (Phi) is 5.65. The Bertz CT molecular complexity index is 865. The molecule has 0 radical (unpaired) electrons. The Morgan fingerprint density at radius 3 is 2.58 bits per heavy atom. The minimum atomic E-state index is -3.63. The maximum atomic E-state index is 12.7. The van der Waals surface area contributed by atoms with Crippen molar-refractivity contribution in [2.24, 2.45) is 0 Å². The number of hydrogen-bond donors (Lipinski definition) is 1. The number of nitrogens with zero attached hydrogens (tertiary/aromatic N) is 2. The second kappa shape index (κ2) is 7.94. The summed E-state index contributed by atoms with van der Waals surface area (Å²) in [5.41, 5.74) is 1.23. The van der Waals surface area contributed by atoms with Crippen LogP contribution in [-0.4, -0.2) is 49.9 Å². The highest BCUT2D eigenvalue weighted by atomic mass is 32.2. The second-order valence-corrected chi connectivity index (χ2v) is 7.96. The molecule has 7 nitrogen and oxygen atoms in total. The van der Waals surface area contributed by atoms with Crippen LogP contribution < -0.4 is 5.32 Å². The van der Waals surface area contributed by atoms with Crippen molar-refractivity contribution in [2.75, 3.05) is 26.3 Å². The van der Waals surface area contributed by atoms with Crippen molar-refractivity contribution in [3.63, 3.8) is 0 Å². The number of pyridine rings is 1. The molecule has 1 aliphatic rings. The maximum absolute atomic E-state index is 12.7. The van der Waals surface area contributed by atoms with E-state index in [4.69, 9.17) is 4.74 Å². The van der Waals surface area contributed by atoms with E-state index in [0.717, 1.165) is 5.56 Å². The van der Waals surface area contributed by atoms with Gasteiger partial charge in [-0.3, -0.25) is 9.78 Å². The third-order valence-corrected chi connectivity index (χ3v) is 6.15. The first-order valence-corrected chi connectivity index (χ1v) is 9.81. The molecule has 1 saturated heterocycles. The quantitative estimate of drug-likeness (QED) is 0.857. The van der Waals surface area contributed by atoms with Crippen LogP contribution in [0.25, 0.3) is 0 Å². The number of morpholine rings is 1. The first-order valence-electron chi connectivity index (χ1n) is 8.37. The third kappa shape index (κ3) is 4.09. The molecule has 0 spiro atoms. The van der Waals surface area contributed by atoms with Gasteiger partial charge in [0.15, 0.2) is 0 Å². The topological polar surface area (TPSA) is 88.6 Å². The minimum absolute atomic E-state index is 0.114. The molecule has 3 rings (SSSR count). The third-order valence-electron chi connectivity index (χ3n) is 4.26. The van der Waals surface area contributed by atoms with Crippen molar-refractivity contribution in [2.45, 2.75) is 17.9 Å². The molecular weight excluding hydrogens is 354 g/mol. The standard InChI is InChI=1S/C18H21N3O4S/c1-14(15-5-7-19-8-6-15)20-18(22)16-3-2-4-17(13-16)26(23,24)21-9-11-25-12-10-21/h2-8,13-14H,9-12H2,1H3,(H,20,22). The Balaban J connectivity index is 1.77. The number of sulfonamides is 1. The van der Waals surface area contributed by atoms with Crippen LogP contribution in [0, 0.1) is 0 Å². The van der Waals surface area contributed by atoms with Gasteiger partial charge in [-0.2, -0.15) is 4.31 Å². The van der Waals surface area contributed by atoms with Crippen molar-refractivity contribution in [1.29, 1.82) is 0 Å². The predicted molar refractivity (Wildman–Crippen MR) is 96.1 cm³/mol. The summed E-state index contributed by atoms with van der Waals surface area (Å²) in [7, 11) is -3.63. The minimum Gasteiger partial charge on any atom is -0.379 e. The van der Waals surface area contributed by atoms with Crippen LogP contribution in [0.3, 0.4) is 0 Å². The van der Waals surface area contributed by atoms with Crippen LogP contribution in [0.4, 0.5) is 0 Å². The normalized spacial score (nSPS) is 16.8. The zero-order chi connectivity index (χ0) is 18.6. The van der Waals surface area contributed by atoms with Crippen LogP contribution in [-0.2, 0) is 14.8 Å². The number of carbonyl (C=O) groups excluding carboxylic acids is 1. The lowest BCUT2D eigenvalue weighted by atomic mass is 10.1. The molecule has 0 saturated carbocycles. The van der Waals surface area contributed by atoms with Gasteiger partial charge in [0.2, 0.25) is 10.0 Å². The number of ether oxygens (including phenoxy) is 1. The van der Waals surface area contributed by atoms with E-state index >= 15 is 0 Å². The molecule has 138 valence electrons. The Labute approximate surface area is 153 Å². The Morgan fingerprint density at radius 2 is 1.88 bits per heavy atom. The highest BCUT2D eigenvalue weighted by molar-refractivity contribution is 7.89. The van der Waals surface area contributed by atoms with Crippen molar-refractivity contribution >= 4 is 15.9 Å². The van der Waals surface area contributed by atoms with Gasteiger partial charge in [0.25, 0.3) is 5.91 Å². The van der Waals surface area contributed by atoms with Crippen LogP contribution in [0.15, 0.2) is 53.7 Å². The molecule has 1 atom stereocenters. The number of hydrogen-bond acceptors (Lipinski definition) is 5. The van der Waals surface area contributed by atoms with Gasteiger partial charge in [-0.05, 0) is 42.8 Å². The average molecular weight is 375 g/mol. The summed E-state index contributed by atoms with van der Waals surface area (Å²) in [6.07, 6.45) is 3.32. The number of amides is 1. The van der Waals surface area contributed by atoms with E-state index in [2.05, 4.69) is 10.3 Å². The SMILES string of the molecule is CC(NC(=O)c1cccc(S(=O)(=O)N2CCOCC2)c1)c1ccncc1. The molecule has 1 amide bonds. The molecule has 0 bridgehead atoms. The van der Waals surface area contributed by atoms with Crippen LogP contribution >= 0.6 is 0 Å². The molecule has 1 aliphatic heterocycles. The van der Waals surface area contributed by atoms with Crippen molar-refractivity contribution in [3.05, 3.63) is 59.9 Å². The molecule has 0 aliphatic carbocycles. The Morgan fingerprint density at radius 1 is 1.19 bits per heavy atom. The lowest BCUT2D eigenvalue weighted by Crippen LogP contribution is -2.40. The van der Waals surface area contributed by atoms with Gasteiger partial charge in [-0.25, -0.2) is 8.42 Å². The van der Waals surface area contributed by atoms with Gasteiger partial charge in [-0.15, -0.1) is 0 Å². The number of nitrogens with one attached hydrogen (secondary N) is 1. The summed E-state index contributed by atoms with van der Waals surface area (Å²) in [5.74, 6) is -0.326. The fourth-order valence-electron chi connectivity index (χ4n) is 2.75. The summed E-state index contributed by atoms with van der Waals surface area (Å²) < 4.78 is 32.1. The van der Waals surface area contributed by atoms with Gasteiger partial charge in [0, 0.05) is 31.0 Å². The molecule has 1 N–H and O–H groups in total. The fourth-order valence-corrected chi connectivity index (χ4v) is 4.20. The van der Waals surface area contributed by atoms with Crippen LogP contribution in [0.1, 0.15) is 28.9 Å². The van der Waals surface area contributed by atoms with Gasteiger partial charge in [-0.1, -0.05) is 6.07 Å². The number of carbonyl (C=O) groups is 1. The van der Waals surface area contributed by atoms with Gasteiger partial charge < -0.3 is 10.1 Å². The molecular formula is C18H21N3O4S. The lowest BCUT2D eigenvalue weighted by molar-refractivity contribution is 0.0730. The second-order valence-electron chi connectivity index (χ2n) is 6.02. The average Bonchev–Trinajstić information content (AvgIpc) is 2.69. The molecule has 1 aromatic heterocycles. The summed E-state index contributed by atoms with van der Waals surface area (Å²) >= 11 is 0. The Hall–Kier alpha value is -2.29.